The van der Waals surface area contributed by atoms with Gasteiger partial charge >= 0.3 is 0 Å². The standard InChI is InChI=1S/C23H29ClN4O5S/c1-13(2)26-22(30)19(12-25)21(29)14(3)28-9-8-20(23(28)31)27-34(32,33)18-7-5-15-10-17(24)6-4-16(15)11-18/h4-7,10-11,13-14,19-20,27H,8-9,12,25H2,1-3H3,(H,26,30)/t14?,19-,20-/m0/s1. The fourth-order valence-corrected chi connectivity index (χ4v) is 5.43. The Hall–Kier alpha value is -2.53. The summed E-state index contributed by atoms with van der Waals surface area (Å²) in [7, 11) is -4.00. The highest BCUT2D eigenvalue weighted by atomic mass is 35.5. The second kappa shape index (κ2) is 10.4. The van der Waals surface area contributed by atoms with Crippen LogP contribution in [-0.2, 0) is 24.4 Å². The molecule has 2 aromatic rings. The number of halogens is 1. The third kappa shape index (κ3) is 5.57. The lowest BCUT2D eigenvalue weighted by Gasteiger charge is -2.27. The van der Waals surface area contributed by atoms with Crippen LogP contribution in [0.5, 0.6) is 0 Å². The Balaban J connectivity index is 1.72. The molecule has 1 unspecified atom stereocenters. The first-order chi connectivity index (χ1) is 15.9. The van der Waals surface area contributed by atoms with Gasteiger partial charge in [-0.1, -0.05) is 23.7 Å². The molecule has 0 spiro atoms. The van der Waals surface area contributed by atoms with Crippen molar-refractivity contribution in [2.24, 2.45) is 11.7 Å². The number of carbonyl (C=O) groups excluding carboxylic acids is 3. The number of hydrogen-bond acceptors (Lipinski definition) is 6. The highest BCUT2D eigenvalue weighted by molar-refractivity contribution is 7.89. The van der Waals surface area contributed by atoms with Crippen LogP contribution in [0.4, 0.5) is 0 Å². The lowest BCUT2D eigenvalue weighted by molar-refractivity contribution is -0.142. The molecule has 2 aromatic carbocycles. The molecule has 0 radical (unpaired) electrons. The van der Waals surface area contributed by atoms with Crippen LogP contribution in [0.1, 0.15) is 27.2 Å². The van der Waals surface area contributed by atoms with Crippen molar-refractivity contribution in [3.8, 4) is 0 Å². The van der Waals surface area contributed by atoms with Crippen molar-refractivity contribution in [3.63, 3.8) is 0 Å². The first-order valence-electron chi connectivity index (χ1n) is 11.0. The van der Waals surface area contributed by atoms with Gasteiger partial charge in [-0.25, -0.2) is 8.42 Å². The van der Waals surface area contributed by atoms with Crippen LogP contribution < -0.4 is 15.8 Å². The van der Waals surface area contributed by atoms with Crippen molar-refractivity contribution in [1.82, 2.24) is 14.9 Å². The van der Waals surface area contributed by atoms with Crippen molar-refractivity contribution in [2.75, 3.05) is 13.1 Å². The highest BCUT2D eigenvalue weighted by Crippen LogP contribution is 2.24. The van der Waals surface area contributed by atoms with Crippen LogP contribution in [0, 0.1) is 5.92 Å². The number of rotatable bonds is 9. The summed E-state index contributed by atoms with van der Waals surface area (Å²) in [5.41, 5.74) is 5.66. The molecule has 11 heteroatoms. The van der Waals surface area contributed by atoms with E-state index in [1.165, 1.54) is 24.0 Å². The van der Waals surface area contributed by atoms with Crippen LogP contribution in [0.2, 0.25) is 5.02 Å². The Morgan fingerprint density at radius 2 is 1.79 bits per heavy atom. The van der Waals surface area contributed by atoms with E-state index in [9.17, 15) is 22.8 Å². The van der Waals surface area contributed by atoms with Crippen LogP contribution in [-0.4, -0.2) is 62.1 Å². The normalized spacial score (nSPS) is 18.4. The average Bonchev–Trinajstić information content (AvgIpc) is 3.12. The second-order valence-corrected chi connectivity index (χ2v) is 10.8. The smallest absolute Gasteiger partial charge is 0.241 e. The number of benzene rings is 2. The second-order valence-electron chi connectivity index (χ2n) is 8.68. The molecule has 0 saturated carbocycles. The number of nitrogens with two attached hydrogens (primary N) is 1. The summed E-state index contributed by atoms with van der Waals surface area (Å²) < 4.78 is 28.4. The minimum Gasteiger partial charge on any atom is -0.353 e. The third-order valence-electron chi connectivity index (χ3n) is 5.83. The lowest BCUT2D eigenvalue weighted by Crippen LogP contribution is -2.51. The number of hydrogen-bond donors (Lipinski definition) is 3. The average molecular weight is 509 g/mol. The van der Waals surface area contributed by atoms with Gasteiger partial charge in [0, 0.05) is 24.2 Å². The molecule has 34 heavy (non-hydrogen) atoms. The van der Waals surface area contributed by atoms with Crippen LogP contribution in [0.15, 0.2) is 41.3 Å². The topological polar surface area (TPSA) is 139 Å². The van der Waals surface area contributed by atoms with E-state index in [0.717, 1.165) is 5.39 Å². The molecule has 1 aliphatic rings. The molecule has 3 rings (SSSR count). The minimum atomic E-state index is -4.00. The van der Waals surface area contributed by atoms with E-state index in [0.29, 0.717) is 10.4 Å². The summed E-state index contributed by atoms with van der Waals surface area (Å²) in [6.07, 6.45) is 0.199. The number of likely N-dealkylation sites (tertiary alicyclic amines) is 1. The molecule has 9 nitrogen and oxygen atoms in total. The zero-order chi connectivity index (χ0) is 25.2. The Morgan fingerprint density at radius 1 is 1.15 bits per heavy atom. The van der Waals surface area contributed by atoms with Gasteiger partial charge in [-0.05, 0) is 62.2 Å². The van der Waals surface area contributed by atoms with E-state index in [1.807, 2.05) is 0 Å². The van der Waals surface area contributed by atoms with Gasteiger partial charge in [0.25, 0.3) is 0 Å². The van der Waals surface area contributed by atoms with Crippen LogP contribution >= 0.6 is 11.6 Å². The largest absolute Gasteiger partial charge is 0.353 e. The molecule has 1 heterocycles. The molecule has 0 aliphatic carbocycles. The number of ketones is 1. The van der Waals surface area contributed by atoms with E-state index in [4.69, 9.17) is 17.3 Å². The molecule has 1 saturated heterocycles. The fourth-order valence-electron chi connectivity index (χ4n) is 4.00. The van der Waals surface area contributed by atoms with E-state index in [-0.39, 0.29) is 30.4 Å². The highest BCUT2D eigenvalue weighted by Gasteiger charge is 2.41. The summed E-state index contributed by atoms with van der Waals surface area (Å²) in [6, 6.07) is 7.63. The SMILES string of the molecule is CC(C)NC(=O)[C@@H](CN)C(=O)C(C)N1CC[C@H](NS(=O)(=O)c2ccc3cc(Cl)ccc3c2)C1=O. The maximum atomic E-state index is 13.0. The Kier molecular flexibility index (Phi) is 7.97. The zero-order valence-electron chi connectivity index (χ0n) is 19.2. The fraction of sp³-hybridized carbons (Fsp3) is 0.435. The molecular formula is C23H29ClN4O5S. The Bertz CT molecular complexity index is 1220. The monoisotopic (exact) mass is 508 g/mol. The summed E-state index contributed by atoms with van der Waals surface area (Å²) in [6.45, 7) is 5.05. The molecule has 0 aromatic heterocycles. The molecule has 4 N–H and O–H groups in total. The van der Waals surface area contributed by atoms with Gasteiger partial charge in [0.2, 0.25) is 21.8 Å². The summed E-state index contributed by atoms with van der Waals surface area (Å²) in [5.74, 6) is -2.58. The molecule has 1 aliphatic heterocycles. The van der Waals surface area contributed by atoms with Crippen molar-refractivity contribution < 1.29 is 22.8 Å². The van der Waals surface area contributed by atoms with Crippen molar-refractivity contribution in [1.29, 1.82) is 0 Å². The molecule has 2 amide bonds. The third-order valence-corrected chi connectivity index (χ3v) is 7.53. The summed E-state index contributed by atoms with van der Waals surface area (Å²) in [5, 5.41) is 4.69. The number of fused-ring (bicyclic) bond motifs is 1. The maximum Gasteiger partial charge on any atom is 0.241 e. The molecule has 3 atom stereocenters. The predicted octanol–water partition coefficient (Wildman–Crippen LogP) is 1.43. The first kappa shape index (κ1) is 26.1. The minimum absolute atomic E-state index is 0.0197. The zero-order valence-corrected chi connectivity index (χ0v) is 20.8. The first-order valence-corrected chi connectivity index (χ1v) is 12.9. The van der Waals surface area contributed by atoms with E-state index in [2.05, 4.69) is 10.0 Å². The number of carbonyl (C=O) groups is 3. The number of nitrogens with zero attached hydrogens (tertiary/aromatic N) is 1. The van der Waals surface area contributed by atoms with Crippen molar-refractivity contribution >= 4 is 50.0 Å². The Labute approximate surface area is 204 Å². The molecule has 184 valence electrons. The molecule has 1 fully saturated rings. The maximum absolute atomic E-state index is 13.0. The number of nitrogens with one attached hydrogen (secondary N) is 2. The van der Waals surface area contributed by atoms with Gasteiger partial charge in [-0.2, -0.15) is 4.72 Å². The lowest BCUT2D eigenvalue weighted by atomic mass is 9.97. The molecule has 0 bridgehead atoms. The Morgan fingerprint density at radius 3 is 2.44 bits per heavy atom. The van der Waals surface area contributed by atoms with E-state index in [1.54, 1.807) is 38.1 Å². The number of Topliss-reactive ketones (excluding diaryl/α,β-unsaturated/α-hetero) is 1. The number of sulfonamides is 1. The van der Waals surface area contributed by atoms with E-state index >= 15 is 0 Å². The quantitative estimate of drug-likeness (QED) is 0.438. The molecular weight excluding hydrogens is 480 g/mol. The van der Waals surface area contributed by atoms with Gasteiger partial charge < -0.3 is 16.0 Å². The van der Waals surface area contributed by atoms with Crippen LogP contribution in [0.3, 0.4) is 0 Å². The van der Waals surface area contributed by atoms with Crippen LogP contribution in [0.25, 0.3) is 10.8 Å². The van der Waals surface area contributed by atoms with Crippen molar-refractivity contribution in [3.05, 3.63) is 41.4 Å². The van der Waals surface area contributed by atoms with E-state index < -0.39 is 45.6 Å². The summed E-state index contributed by atoms with van der Waals surface area (Å²) >= 11 is 5.98. The van der Waals surface area contributed by atoms with Gasteiger partial charge in [0.15, 0.2) is 5.78 Å². The number of amides is 2. The van der Waals surface area contributed by atoms with Crippen molar-refractivity contribution in [2.45, 2.75) is 50.2 Å². The summed E-state index contributed by atoms with van der Waals surface area (Å²) in [4.78, 5) is 39.5. The van der Waals surface area contributed by atoms with Gasteiger partial charge in [-0.15, -0.1) is 0 Å². The van der Waals surface area contributed by atoms with Gasteiger partial charge in [0.1, 0.15) is 12.0 Å². The van der Waals surface area contributed by atoms with Gasteiger partial charge in [-0.3, -0.25) is 14.4 Å². The predicted molar refractivity (Wildman–Crippen MR) is 130 cm³/mol. The van der Waals surface area contributed by atoms with Gasteiger partial charge in [0.05, 0.1) is 10.9 Å².